The summed E-state index contributed by atoms with van der Waals surface area (Å²) in [6.45, 7) is 6.67. The number of fused-ring (bicyclic) bond motifs is 1. The fourth-order valence-electron chi connectivity index (χ4n) is 1.97. The van der Waals surface area contributed by atoms with Crippen LogP contribution in [0.2, 0.25) is 10.0 Å². The SMILES string of the molecule is C=C1Oc2c(Cl)cc(Cl)cc2C(O)C1(C)C(C)=O. The standard InChI is InChI=1S/C13H12Cl2O3/c1-6(16)13(3)7(2)18-11-9(12(13)17)4-8(14)5-10(11)15/h4-5,12,17H,2H2,1,3H3. The van der Waals surface area contributed by atoms with Crippen LogP contribution in [0.15, 0.2) is 24.5 Å². The molecule has 0 fully saturated rings. The van der Waals surface area contributed by atoms with Crippen molar-refractivity contribution in [2.24, 2.45) is 5.41 Å². The highest BCUT2D eigenvalue weighted by Crippen LogP contribution is 2.51. The number of rotatable bonds is 1. The van der Waals surface area contributed by atoms with Crippen LogP contribution < -0.4 is 4.74 Å². The first-order valence-corrected chi connectivity index (χ1v) is 6.09. The number of aliphatic hydroxyl groups is 1. The summed E-state index contributed by atoms with van der Waals surface area (Å²) in [5.74, 6) is 0.248. The maximum Gasteiger partial charge on any atom is 0.151 e. The lowest BCUT2D eigenvalue weighted by Crippen LogP contribution is -2.39. The Kier molecular flexibility index (Phi) is 3.18. The number of carbonyl (C=O) groups excluding carboxylic acids is 1. The highest BCUT2D eigenvalue weighted by Gasteiger charge is 2.48. The molecule has 18 heavy (non-hydrogen) atoms. The van der Waals surface area contributed by atoms with E-state index in [1.54, 1.807) is 13.0 Å². The summed E-state index contributed by atoms with van der Waals surface area (Å²) in [6.07, 6.45) is -1.08. The van der Waals surface area contributed by atoms with Crippen LogP contribution in [0.25, 0.3) is 0 Å². The van der Waals surface area contributed by atoms with Crippen LogP contribution in [0.4, 0.5) is 0 Å². The lowest BCUT2D eigenvalue weighted by Gasteiger charge is -2.39. The molecule has 1 aliphatic heterocycles. The second-order valence-corrected chi connectivity index (χ2v) is 5.34. The Balaban J connectivity index is 2.67. The molecule has 0 radical (unpaired) electrons. The van der Waals surface area contributed by atoms with E-state index in [1.807, 2.05) is 0 Å². The van der Waals surface area contributed by atoms with E-state index in [-0.39, 0.29) is 16.6 Å². The van der Waals surface area contributed by atoms with E-state index < -0.39 is 11.5 Å². The van der Waals surface area contributed by atoms with Gasteiger partial charge in [-0.2, -0.15) is 0 Å². The van der Waals surface area contributed by atoms with Gasteiger partial charge in [0.2, 0.25) is 0 Å². The van der Waals surface area contributed by atoms with E-state index in [0.717, 1.165) is 0 Å². The minimum Gasteiger partial charge on any atom is -0.459 e. The van der Waals surface area contributed by atoms with Gasteiger partial charge in [0.05, 0.1) is 5.02 Å². The summed E-state index contributed by atoms with van der Waals surface area (Å²) >= 11 is 11.9. The molecule has 0 saturated heterocycles. The summed E-state index contributed by atoms with van der Waals surface area (Å²) < 4.78 is 5.50. The fraction of sp³-hybridized carbons (Fsp3) is 0.308. The smallest absolute Gasteiger partial charge is 0.151 e. The summed E-state index contributed by atoms with van der Waals surface area (Å²) in [7, 11) is 0. The molecular formula is C13H12Cl2O3. The summed E-state index contributed by atoms with van der Waals surface area (Å²) in [5, 5.41) is 11.0. The van der Waals surface area contributed by atoms with Crippen LogP contribution >= 0.6 is 23.2 Å². The minimum absolute atomic E-state index is 0.180. The van der Waals surface area contributed by atoms with E-state index in [9.17, 15) is 9.90 Å². The van der Waals surface area contributed by atoms with Gasteiger partial charge in [0.25, 0.3) is 0 Å². The van der Waals surface area contributed by atoms with Crippen molar-refractivity contribution in [3.05, 3.63) is 40.1 Å². The van der Waals surface area contributed by atoms with Crippen molar-refractivity contribution < 1.29 is 14.6 Å². The van der Waals surface area contributed by atoms with E-state index in [0.29, 0.717) is 16.3 Å². The molecule has 1 N–H and O–H groups in total. The number of hydrogen-bond acceptors (Lipinski definition) is 3. The first-order chi connectivity index (χ1) is 8.28. The fourth-order valence-corrected chi connectivity index (χ4v) is 2.52. The lowest BCUT2D eigenvalue weighted by molar-refractivity contribution is -0.132. The first kappa shape index (κ1) is 13.4. The molecule has 0 bridgehead atoms. The van der Waals surface area contributed by atoms with Crippen LogP contribution in [0.5, 0.6) is 5.75 Å². The highest BCUT2D eigenvalue weighted by atomic mass is 35.5. The lowest BCUT2D eigenvalue weighted by atomic mass is 9.74. The van der Waals surface area contributed by atoms with E-state index in [4.69, 9.17) is 27.9 Å². The van der Waals surface area contributed by atoms with Gasteiger partial charge in [-0.05, 0) is 26.0 Å². The number of ketones is 1. The van der Waals surface area contributed by atoms with Crippen LogP contribution in [0.3, 0.4) is 0 Å². The van der Waals surface area contributed by atoms with Gasteiger partial charge in [0.15, 0.2) is 5.75 Å². The number of hydrogen-bond donors (Lipinski definition) is 1. The molecule has 0 aliphatic carbocycles. The zero-order valence-electron chi connectivity index (χ0n) is 9.96. The van der Waals surface area contributed by atoms with Crippen molar-refractivity contribution in [2.45, 2.75) is 20.0 Å². The zero-order chi connectivity index (χ0) is 13.7. The third kappa shape index (κ3) is 1.74. The monoisotopic (exact) mass is 286 g/mol. The van der Waals surface area contributed by atoms with Gasteiger partial charge in [-0.1, -0.05) is 29.8 Å². The van der Waals surface area contributed by atoms with Gasteiger partial charge in [-0.3, -0.25) is 4.79 Å². The van der Waals surface area contributed by atoms with Crippen LogP contribution in [0, 0.1) is 5.41 Å². The largest absolute Gasteiger partial charge is 0.459 e. The van der Waals surface area contributed by atoms with Gasteiger partial charge in [-0.15, -0.1) is 0 Å². The van der Waals surface area contributed by atoms with E-state index >= 15 is 0 Å². The number of ether oxygens (including phenoxy) is 1. The number of benzene rings is 1. The van der Waals surface area contributed by atoms with Crippen molar-refractivity contribution in [1.29, 1.82) is 0 Å². The molecular weight excluding hydrogens is 275 g/mol. The molecule has 2 atom stereocenters. The molecule has 0 spiro atoms. The van der Waals surface area contributed by atoms with Crippen LogP contribution in [0.1, 0.15) is 25.5 Å². The first-order valence-electron chi connectivity index (χ1n) is 5.33. The second-order valence-electron chi connectivity index (χ2n) is 4.49. The minimum atomic E-state index is -1.19. The Labute approximate surface area is 115 Å². The summed E-state index contributed by atoms with van der Waals surface area (Å²) in [4.78, 5) is 11.8. The Morgan fingerprint density at radius 2 is 2.11 bits per heavy atom. The third-order valence-corrected chi connectivity index (χ3v) is 3.91. The molecule has 0 amide bonds. The number of halogens is 2. The Bertz CT molecular complexity index is 553. The summed E-state index contributed by atoms with van der Waals surface area (Å²) in [6, 6.07) is 3.05. The highest BCUT2D eigenvalue weighted by molar-refractivity contribution is 6.35. The van der Waals surface area contributed by atoms with Gasteiger partial charge >= 0.3 is 0 Å². The predicted octanol–water partition coefficient (Wildman–Crippen LogP) is 3.53. The predicted molar refractivity (Wildman–Crippen MR) is 70.0 cm³/mol. The number of carbonyl (C=O) groups is 1. The summed E-state index contributed by atoms with van der Waals surface area (Å²) in [5.41, 5.74) is -0.793. The molecule has 0 saturated carbocycles. The zero-order valence-corrected chi connectivity index (χ0v) is 11.5. The molecule has 1 aromatic rings. The van der Waals surface area contributed by atoms with E-state index in [2.05, 4.69) is 6.58 Å². The number of Topliss-reactive ketones (excluding diaryl/α,β-unsaturated/α-hetero) is 1. The average molecular weight is 287 g/mol. The van der Waals surface area contributed by atoms with Gasteiger partial charge < -0.3 is 9.84 Å². The molecule has 0 aromatic heterocycles. The molecule has 2 unspecified atom stereocenters. The van der Waals surface area contributed by atoms with Crippen LogP contribution in [-0.4, -0.2) is 10.9 Å². The topological polar surface area (TPSA) is 46.5 Å². The Morgan fingerprint density at radius 1 is 1.50 bits per heavy atom. The van der Waals surface area contributed by atoms with Crippen molar-refractivity contribution in [3.63, 3.8) is 0 Å². The van der Waals surface area contributed by atoms with Gasteiger partial charge in [0.1, 0.15) is 23.1 Å². The Hall–Kier alpha value is -1.03. The third-order valence-electron chi connectivity index (χ3n) is 3.41. The number of aliphatic hydroxyl groups excluding tert-OH is 1. The maximum atomic E-state index is 11.8. The maximum absolute atomic E-state index is 11.8. The second kappa shape index (κ2) is 4.26. The molecule has 5 heteroatoms. The van der Waals surface area contributed by atoms with Crippen LogP contribution in [-0.2, 0) is 4.79 Å². The van der Waals surface area contributed by atoms with Gasteiger partial charge in [0, 0.05) is 10.6 Å². The quantitative estimate of drug-likeness (QED) is 0.859. The molecule has 2 rings (SSSR count). The van der Waals surface area contributed by atoms with E-state index in [1.165, 1.54) is 13.0 Å². The van der Waals surface area contributed by atoms with Crippen molar-refractivity contribution in [3.8, 4) is 5.75 Å². The molecule has 1 heterocycles. The average Bonchev–Trinajstić information content (AvgIpc) is 2.28. The van der Waals surface area contributed by atoms with Crippen molar-refractivity contribution in [1.82, 2.24) is 0 Å². The normalized spacial score (nSPS) is 26.5. The Morgan fingerprint density at radius 3 is 2.67 bits per heavy atom. The molecule has 1 aromatic carbocycles. The molecule has 1 aliphatic rings. The molecule has 3 nitrogen and oxygen atoms in total. The van der Waals surface area contributed by atoms with Crippen molar-refractivity contribution in [2.75, 3.05) is 0 Å². The van der Waals surface area contributed by atoms with Crippen molar-refractivity contribution >= 4 is 29.0 Å². The molecule has 96 valence electrons. The van der Waals surface area contributed by atoms with Gasteiger partial charge in [-0.25, -0.2) is 0 Å².